The number of phenolic OH excluding ortho intramolecular Hbond substituents is 1. The second-order valence-electron chi connectivity index (χ2n) is 7.91. The molecule has 1 heterocycles. The first-order chi connectivity index (χ1) is 13.8. The SMILES string of the molecule is COC(=O)[C@H](NC(=O)[C@H]1C[C@@](C)(c2cccc(O)c2)[C@@H](C)CN1)c1ccccc1. The van der Waals surface area contributed by atoms with Crippen LogP contribution in [-0.2, 0) is 19.7 Å². The standard InChI is InChI=1S/C23H28N2O4/c1-15-14-24-19(13-23(15,2)17-10-7-11-18(26)12-17)21(27)25-20(22(28)29-3)16-8-5-4-6-9-16/h4-12,15,19-20,24,26H,13-14H2,1-3H3,(H,25,27)/t15-,19+,20+,23+/m0/s1. The van der Waals surface area contributed by atoms with Crippen LogP contribution in [0.3, 0.4) is 0 Å². The van der Waals surface area contributed by atoms with Crippen molar-refractivity contribution >= 4 is 11.9 Å². The van der Waals surface area contributed by atoms with Crippen molar-refractivity contribution in [1.29, 1.82) is 0 Å². The van der Waals surface area contributed by atoms with Crippen LogP contribution in [0.5, 0.6) is 5.75 Å². The smallest absolute Gasteiger partial charge is 0.333 e. The van der Waals surface area contributed by atoms with Crippen LogP contribution in [0.1, 0.15) is 37.4 Å². The number of nitrogens with one attached hydrogen (secondary N) is 2. The Balaban J connectivity index is 1.80. The van der Waals surface area contributed by atoms with E-state index in [1.807, 2.05) is 30.3 Å². The molecule has 0 spiro atoms. The molecule has 0 saturated carbocycles. The molecule has 3 rings (SSSR count). The lowest BCUT2D eigenvalue weighted by Crippen LogP contribution is -2.57. The average Bonchev–Trinajstić information content (AvgIpc) is 2.74. The summed E-state index contributed by atoms with van der Waals surface area (Å²) in [6, 6.07) is 14.9. The van der Waals surface area contributed by atoms with Gasteiger partial charge in [0.15, 0.2) is 6.04 Å². The molecule has 6 heteroatoms. The van der Waals surface area contributed by atoms with Crippen molar-refractivity contribution in [3.63, 3.8) is 0 Å². The molecule has 29 heavy (non-hydrogen) atoms. The third kappa shape index (κ3) is 4.43. The Morgan fingerprint density at radius 1 is 1.21 bits per heavy atom. The molecule has 0 aliphatic carbocycles. The third-order valence-electron chi connectivity index (χ3n) is 6.06. The van der Waals surface area contributed by atoms with Crippen LogP contribution in [0.4, 0.5) is 0 Å². The highest BCUT2D eigenvalue weighted by Gasteiger charge is 2.42. The first kappa shape index (κ1) is 20.9. The lowest BCUT2D eigenvalue weighted by Gasteiger charge is -2.44. The number of carbonyl (C=O) groups excluding carboxylic acids is 2. The molecule has 1 saturated heterocycles. The minimum Gasteiger partial charge on any atom is -0.508 e. The van der Waals surface area contributed by atoms with Crippen molar-refractivity contribution in [2.24, 2.45) is 5.92 Å². The van der Waals surface area contributed by atoms with Crippen molar-refractivity contribution < 1.29 is 19.4 Å². The number of carbonyl (C=O) groups is 2. The summed E-state index contributed by atoms with van der Waals surface area (Å²) in [4.78, 5) is 25.3. The number of aromatic hydroxyl groups is 1. The maximum atomic E-state index is 13.1. The fourth-order valence-corrected chi connectivity index (χ4v) is 3.98. The zero-order valence-corrected chi connectivity index (χ0v) is 17.0. The Morgan fingerprint density at radius 2 is 1.93 bits per heavy atom. The minimum atomic E-state index is -0.859. The van der Waals surface area contributed by atoms with Crippen LogP contribution in [-0.4, -0.2) is 36.7 Å². The second kappa shape index (κ2) is 8.66. The van der Waals surface area contributed by atoms with E-state index in [1.54, 1.807) is 24.3 Å². The lowest BCUT2D eigenvalue weighted by atomic mass is 9.66. The lowest BCUT2D eigenvalue weighted by molar-refractivity contribution is -0.145. The van der Waals surface area contributed by atoms with Crippen LogP contribution in [0.2, 0.25) is 0 Å². The molecule has 0 bridgehead atoms. The van der Waals surface area contributed by atoms with Gasteiger partial charge in [-0.25, -0.2) is 4.79 Å². The van der Waals surface area contributed by atoms with Gasteiger partial charge < -0.3 is 20.5 Å². The minimum absolute atomic E-state index is 0.213. The molecule has 154 valence electrons. The highest BCUT2D eigenvalue weighted by Crippen LogP contribution is 2.40. The number of hydrogen-bond acceptors (Lipinski definition) is 5. The summed E-state index contributed by atoms with van der Waals surface area (Å²) in [7, 11) is 1.31. The molecule has 2 aromatic carbocycles. The molecule has 1 fully saturated rings. The van der Waals surface area contributed by atoms with Gasteiger partial charge in [-0.15, -0.1) is 0 Å². The first-order valence-electron chi connectivity index (χ1n) is 9.81. The second-order valence-corrected chi connectivity index (χ2v) is 7.91. The fourth-order valence-electron chi connectivity index (χ4n) is 3.98. The number of phenols is 1. The van der Waals surface area contributed by atoms with E-state index in [4.69, 9.17) is 4.74 Å². The number of amides is 1. The molecule has 1 aliphatic rings. The number of benzene rings is 2. The predicted octanol–water partition coefficient (Wildman–Crippen LogP) is 2.68. The van der Waals surface area contributed by atoms with Crippen molar-refractivity contribution in [3.05, 3.63) is 65.7 Å². The largest absolute Gasteiger partial charge is 0.508 e. The molecule has 0 radical (unpaired) electrons. The molecule has 6 nitrogen and oxygen atoms in total. The summed E-state index contributed by atoms with van der Waals surface area (Å²) in [6.45, 7) is 4.90. The van der Waals surface area contributed by atoms with Gasteiger partial charge in [0.2, 0.25) is 5.91 Å². The molecule has 1 amide bonds. The van der Waals surface area contributed by atoms with Gasteiger partial charge in [-0.3, -0.25) is 4.79 Å². The Kier molecular flexibility index (Phi) is 6.23. The third-order valence-corrected chi connectivity index (χ3v) is 6.06. The monoisotopic (exact) mass is 396 g/mol. The number of hydrogen-bond donors (Lipinski definition) is 3. The first-order valence-corrected chi connectivity index (χ1v) is 9.81. The van der Waals surface area contributed by atoms with Gasteiger partial charge in [-0.1, -0.05) is 56.3 Å². The number of rotatable bonds is 5. The van der Waals surface area contributed by atoms with E-state index in [9.17, 15) is 14.7 Å². The van der Waals surface area contributed by atoms with Crippen LogP contribution in [0.15, 0.2) is 54.6 Å². The molecule has 3 N–H and O–H groups in total. The van der Waals surface area contributed by atoms with E-state index < -0.39 is 18.1 Å². The summed E-state index contributed by atoms with van der Waals surface area (Å²) >= 11 is 0. The van der Waals surface area contributed by atoms with Gasteiger partial charge >= 0.3 is 5.97 Å². The molecule has 4 atom stereocenters. The molecule has 2 aromatic rings. The van der Waals surface area contributed by atoms with Gasteiger partial charge in [-0.2, -0.15) is 0 Å². The summed E-state index contributed by atoms with van der Waals surface area (Å²) in [5.41, 5.74) is 1.38. The van der Waals surface area contributed by atoms with Crippen LogP contribution in [0.25, 0.3) is 0 Å². The van der Waals surface area contributed by atoms with Gasteiger partial charge in [0, 0.05) is 0 Å². The zero-order chi connectivity index (χ0) is 21.0. The summed E-state index contributed by atoms with van der Waals surface area (Å²) in [6.07, 6.45) is 0.548. The van der Waals surface area contributed by atoms with Crippen molar-refractivity contribution in [2.45, 2.75) is 37.8 Å². The van der Waals surface area contributed by atoms with E-state index in [1.165, 1.54) is 7.11 Å². The van der Waals surface area contributed by atoms with E-state index in [0.29, 0.717) is 18.5 Å². The quantitative estimate of drug-likeness (QED) is 0.677. The van der Waals surface area contributed by atoms with Crippen LogP contribution >= 0.6 is 0 Å². The Bertz CT molecular complexity index is 870. The molecular weight excluding hydrogens is 368 g/mol. The molecular formula is C23H28N2O4. The topological polar surface area (TPSA) is 87.7 Å². The number of piperidine rings is 1. The normalized spacial score (nSPS) is 25.1. The van der Waals surface area contributed by atoms with Crippen LogP contribution < -0.4 is 10.6 Å². The van der Waals surface area contributed by atoms with Crippen molar-refractivity contribution in [1.82, 2.24) is 10.6 Å². The summed E-state index contributed by atoms with van der Waals surface area (Å²) < 4.78 is 4.89. The van der Waals surface area contributed by atoms with Crippen molar-refractivity contribution in [3.8, 4) is 5.75 Å². The zero-order valence-electron chi connectivity index (χ0n) is 17.0. The molecule has 1 aliphatic heterocycles. The number of methoxy groups -OCH3 is 1. The Labute approximate surface area is 171 Å². The van der Waals surface area contributed by atoms with E-state index in [2.05, 4.69) is 24.5 Å². The van der Waals surface area contributed by atoms with Crippen LogP contribution in [0, 0.1) is 5.92 Å². The maximum Gasteiger partial charge on any atom is 0.333 e. The van der Waals surface area contributed by atoms with Gasteiger partial charge in [-0.05, 0) is 47.6 Å². The van der Waals surface area contributed by atoms with Crippen molar-refractivity contribution in [2.75, 3.05) is 13.7 Å². The van der Waals surface area contributed by atoms with E-state index in [0.717, 1.165) is 5.56 Å². The Hall–Kier alpha value is -2.86. The van der Waals surface area contributed by atoms with E-state index in [-0.39, 0.29) is 23.0 Å². The molecule has 0 unspecified atom stereocenters. The fraction of sp³-hybridized carbons (Fsp3) is 0.391. The van der Waals surface area contributed by atoms with Gasteiger partial charge in [0.05, 0.1) is 13.2 Å². The number of ether oxygens (including phenoxy) is 1. The van der Waals surface area contributed by atoms with Gasteiger partial charge in [0.1, 0.15) is 5.75 Å². The highest BCUT2D eigenvalue weighted by atomic mass is 16.5. The van der Waals surface area contributed by atoms with E-state index >= 15 is 0 Å². The maximum absolute atomic E-state index is 13.1. The summed E-state index contributed by atoms with van der Waals surface area (Å²) in [5.74, 6) is -0.281. The molecule has 0 aromatic heterocycles. The highest BCUT2D eigenvalue weighted by molar-refractivity contribution is 5.88. The average molecular weight is 396 g/mol. The van der Waals surface area contributed by atoms with Gasteiger partial charge in [0.25, 0.3) is 0 Å². The predicted molar refractivity (Wildman–Crippen MR) is 110 cm³/mol. The Morgan fingerprint density at radius 3 is 2.59 bits per heavy atom. The summed E-state index contributed by atoms with van der Waals surface area (Å²) in [5, 5.41) is 16.0. The number of esters is 1.